The van der Waals surface area contributed by atoms with Crippen LogP contribution in [-0.4, -0.2) is 15.1 Å². The number of benzene rings is 2. The Hall–Kier alpha value is -2.27. The third-order valence-corrected chi connectivity index (χ3v) is 3.23. The highest BCUT2D eigenvalue weighted by atomic mass is 35.5. The number of aromatic nitrogens is 2. The van der Waals surface area contributed by atoms with Crippen molar-refractivity contribution in [1.82, 2.24) is 9.97 Å². The molecule has 0 aliphatic heterocycles. The summed E-state index contributed by atoms with van der Waals surface area (Å²) in [6, 6.07) is 5.14. The fourth-order valence-electron chi connectivity index (χ4n) is 2.05. The van der Waals surface area contributed by atoms with E-state index in [9.17, 15) is 13.9 Å². The van der Waals surface area contributed by atoms with E-state index in [1.165, 1.54) is 30.7 Å². The minimum absolute atomic E-state index is 0.0158. The molecule has 0 saturated heterocycles. The van der Waals surface area contributed by atoms with E-state index in [-0.39, 0.29) is 27.4 Å². The molecule has 0 amide bonds. The molecular weight excluding hydrogens is 286 g/mol. The molecule has 1 N–H and O–H groups in total. The molecule has 0 aliphatic rings. The topological polar surface area (TPSA) is 46.0 Å². The second kappa shape index (κ2) is 4.68. The molecule has 2 aromatic carbocycles. The normalized spacial score (nSPS) is 10.9. The summed E-state index contributed by atoms with van der Waals surface area (Å²) < 4.78 is 28.4. The van der Waals surface area contributed by atoms with Gasteiger partial charge in [0.15, 0.2) is 5.82 Å². The van der Waals surface area contributed by atoms with Gasteiger partial charge in [-0.1, -0.05) is 17.7 Å². The number of hydrogen-bond acceptors (Lipinski definition) is 3. The number of aromatic hydroxyl groups is 1. The van der Waals surface area contributed by atoms with Gasteiger partial charge in [0, 0.05) is 17.1 Å². The van der Waals surface area contributed by atoms with Gasteiger partial charge < -0.3 is 5.11 Å². The van der Waals surface area contributed by atoms with E-state index in [4.69, 9.17) is 11.6 Å². The van der Waals surface area contributed by atoms with E-state index in [1.54, 1.807) is 0 Å². The number of phenols is 1. The third kappa shape index (κ3) is 1.87. The van der Waals surface area contributed by atoms with Crippen LogP contribution in [0.25, 0.3) is 22.0 Å². The van der Waals surface area contributed by atoms with E-state index < -0.39 is 11.6 Å². The maximum absolute atomic E-state index is 14.5. The van der Waals surface area contributed by atoms with Crippen molar-refractivity contribution in [2.75, 3.05) is 0 Å². The molecule has 3 aromatic rings. The molecular formula is C14H7ClF2N2O. The molecule has 0 saturated carbocycles. The first-order valence-electron chi connectivity index (χ1n) is 5.65. The van der Waals surface area contributed by atoms with E-state index in [0.717, 1.165) is 6.07 Å². The van der Waals surface area contributed by atoms with E-state index in [2.05, 4.69) is 9.97 Å². The van der Waals surface area contributed by atoms with Gasteiger partial charge in [-0.05, 0) is 18.2 Å². The van der Waals surface area contributed by atoms with Crippen LogP contribution in [0.5, 0.6) is 5.75 Å². The van der Waals surface area contributed by atoms with Crippen LogP contribution in [-0.2, 0) is 0 Å². The Labute approximate surface area is 117 Å². The van der Waals surface area contributed by atoms with Crippen molar-refractivity contribution in [2.45, 2.75) is 0 Å². The second-order valence-corrected chi connectivity index (χ2v) is 4.55. The average Bonchev–Trinajstić information content (AvgIpc) is 2.42. The first-order chi connectivity index (χ1) is 9.59. The number of hydrogen-bond donors (Lipinski definition) is 1. The minimum atomic E-state index is -0.796. The Morgan fingerprint density at radius 2 is 1.95 bits per heavy atom. The molecule has 1 heterocycles. The van der Waals surface area contributed by atoms with E-state index >= 15 is 0 Å². The summed E-state index contributed by atoms with van der Waals surface area (Å²) in [7, 11) is 0. The highest BCUT2D eigenvalue weighted by Gasteiger charge is 2.21. The van der Waals surface area contributed by atoms with Crippen LogP contribution < -0.4 is 0 Å². The predicted octanol–water partition coefficient (Wildman–Crippen LogP) is 3.93. The molecule has 0 atom stereocenters. The lowest BCUT2D eigenvalue weighted by Gasteiger charge is -2.11. The van der Waals surface area contributed by atoms with Gasteiger partial charge in [-0.3, -0.25) is 0 Å². The SMILES string of the molecule is Oc1cccc(F)c1-c1c(Cl)cc2cncnc2c1F. The fraction of sp³-hybridized carbons (Fsp3) is 0. The molecule has 6 heteroatoms. The minimum Gasteiger partial charge on any atom is -0.507 e. The van der Waals surface area contributed by atoms with Crippen molar-refractivity contribution in [3.8, 4) is 16.9 Å². The fourth-order valence-corrected chi connectivity index (χ4v) is 2.35. The van der Waals surface area contributed by atoms with Crippen LogP contribution in [0.1, 0.15) is 0 Å². The molecule has 20 heavy (non-hydrogen) atoms. The number of halogens is 3. The van der Waals surface area contributed by atoms with Crippen molar-refractivity contribution >= 4 is 22.5 Å². The predicted molar refractivity (Wildman–Crippen MR) is 71.6 cm³/mol. The smallest absolute Gasteiger partial charge is 0.159 e. The summed E-state index contributed by atoms with van der Waals surface area (Å²) >= 11 is 6.01. The maximum Gasteiger partial charge on any atom is 0.159 e. The van der Waals surface area contributed by atoms with Gasteiger partial charge in [-0.25, -0.2) is 18.7 Å². The van der Waals surface area contributed by atoms with Gasteiger partial charge in [-0.15, -0.1) is 0 Å². The standard InChI is InChI=1S/C14H7ClF2N2O/c15-8-4-7-5-18-6-19-14(7)13(17)11(8)12-9(16)2-1-3-10(12)20/h1-6,20H. The average molecular weight is 293 g/mol. The first kappa shape index (κ1) is 12.7. The van der Waals surface area contributed by atoms with Crippen LogP contribution in [0.4, 0.5) is 8.78 Å². The number of fused-ring (bicyclic) bond motifs is 1. The van der Waals surface area contributed by atoms with Crippen LogP contribution in [0, 0.1) is 11.6 Å². The van der Waals surface area contributed by atoms with Crippen LogP contribution in [0.15, 0.2) is 36.8 Å². The highest BCUT2D eigenvalue weighted by Crippen LogP contribution is 2.40. The lowest BCUT2D eigenvalue weighted by atomic mass is 10.0. The quantitative estimate of drug-likeness (QED) is 0.739. The van der Waals surface area contributed by atoms with Gasteiger partial charge in [0.05, 0.1) is 10.6 Å². The van der Waals surface area contributed by atoms with Crippen molar-refractivity contribution in [3.63, 3.8) is 0 Å². The Morgan fingerprint density at radius 1 is 1.15 bits per heavy atom. The van der Waals surface area contributed by atoms with E-state index in [1.807, 2.05) is 0 Å². The Bertz CT molecular complexity index is 803. The third-order valence-electron chi connectivity index (χ3n) is 2.93. The van der Waals surface area contributed by atoms with Crippen molar-refractivity contribution in [1.29, 1.82) is 0 Å². The molecule has 0 unspecified atom stereocenters. The molecule has 3 nitrogen and oxygen atoms in total. The molecule has 0 aliphatic carbocycles. The summed E-state index contributed by atoms with van der Waals surface area (Å²) in [6.07, 6.45) is 2.59. The summed E-state index contributed by atoms with van der Waals surface area (Å²) in [6.45, 7) is 0. The Kier molecular flexibility index (Phi) is 2.99. The number of rotatable bonds is 1. The zero-order valence-electron chi connectivity index (χ0n) is 9.94. The van der Waals surface area contributed by atoms with Crippen LogP contribution in [0.2, 0.25) is 5.02 Å². The Balaban J connectivity index is 2.43. The van der Waals surface area contributed by atoms with Crippen molar-refractivity contribution in [3.05, 3.63) is 53.4 Å². The van der Waals surface area contributed by atoms with Gasteiger partial charge >= 0.3 is 0 Å². The molecule has 0 bridgehead atoms. The summed E-state index contributed by atoms with van der Waals surface area (Å²) in [5.74, 6) is -1.95. The molecule has 3 rings (SSSR count). The summed E-state index contributed by atoms with van der Waals surface area (Å²) in [4.78, 5) is 7.59. The Morgan fingerprint density at radius 3 is 2.70 bits per heavy atom. The van der Waals surface area contributed by atoms with Gasteiger partial charge in [0.25, 0.3) is 0 Å². The van der Waals surface area contributed by atoms with Crippen molar-refractivity contribution < 1.29 is 13.9 Å². The molecule has 0 fully saturated rings. The zero-order chi connectivity index (χ0) is 14.3. The van der Waals surface area contributed by atoms with Crippen LogP contribution >= 0.6 is 11.6 Å². The number of nitrogens with zero attached hydrogens (tertiary/aromatic N) is 2. The van der Waals surface area contributed by atoms with Crippen molar-refractivity contribution in [2.24, 2.45) is 0 Å². The second-order valence-electron chi connectivity index (χ2n) is 4.14. The van der Waals surface area contributed by atoms with Gasteiger partial charge in [0.1, 0.15) is 23.4 Å². The van der Waals surface area contributed by atoms with Gasteiger partial charge in [0.2, 0.25) is 0 Å². The lowest BCUT2D eigenvalue weighted by molar-refractivity contribution is 0.471. The lowest BCUT2D eigenvalue weighted by Crippen LogP contribution is -1.94. The first-order valence-corrected chi connectivity index (χ1v) is 6.03. The highest BCUT2D eigenvalue weighted by molar-refractivity contribution is 6.34. The molecule has 100 valence electrons. The zero-order valence-corrected chi connectivity index (χ0v) is 10.7. The molecule has 0 radical (unpaired) electrons. The van der Waals surface area contributed by atoms with Gasteiger partial charge in [-0.2, -0.15) is 0 Å². The number of phenolic OH excluding ortho intramolecular Hbond substituents is 1. The maximum atomic E-state index is 14.5. The van der Waals surface area contributed by atoms with E-state index in [0.29, 0.717) is 5.39 Å². The monoisotopic (exact) mass is 292 g/mol. The van der Waals surface area contributed by atoms with Crippen LogP contribution in [0.3, 0.4) is 0 Å². The molecule has 0 spiro atoms. The summed E-state index contributed by atoms with van der Waals surface area (Å²) in [5.41, 5.74) is -0.481. The summed E-state index contributed by atoms with van der Waals surface area (Å²) in [5, 5.41) is 10.1. The largest absolute Gasteiger partial charge is 0.507 e. The molecule has 1 aromatic heterocycles.